The number of allylic oxidation sites excluding steroid dienone is 1. The van der Waals surface area contributed by atoms with Crippen molar-refractivity contribution in [3.05, 3.63) is 198 Å². The van der Waals surface area contributed by atoms with Crippen molar-refractivity contribution in [2.45, 2.75) is 88.2 Å². The first-order valence-electron chi connectivity index (χ1n) is 23.3. The van der Waals surface area contributed by atoms with E-state index in [1.807, 2.05) is 12.1 Å². The Labute approximate surface area is 398 Å². The molecule has 1 saturated carbocycles. The van der Waals surface area contributed by atoms with Gasteiger partial charge >= 0.3 is 23.9 Å². The topological polar surface area (TPSA) is 133 Å². The first-order valence-corrected chi connectivity index (χ1v) is 23.3. The third kappa shape index (κ3) is 10.5. The lowest BCUT2D eigenvalue weighted by Crippen LogP contribution is -2.64. The molecule has 0 unspecified atom stereocenters. The molecule has 1 heterocycles. The van der Waals surface area contributed by atoms with Crippen LogP contribution in [0.3, 0.4) is 0 Å². The maximum Gasteiger partial charge on any atom is 0.338 e. The molecule has 0 radical (unpaired) electrons. The summed E-state index contributed by atoms with van der Waals surface area (Å²) in [7, 11) is 1.69. The first-order chi connectivity index (χ1) is 33.1. The predicted molar refractivity (Wildman–Crippen MR) is 255 cm³/mol. The number of methoxy groups -OCH3 is 1. The van der Waals surface area contributed by atoms with E-state index in [9.17, 15) is 19.2 Å². The zero-order valence-electron chi connectivity index (χ0n) is 38.5. The predicted octanol–water partition coefficient (Wildman–Crippen LogP) is 10.6. The van der Waals surface area contributed by atoms with E-state index < -0.39 is 72.7 Å². The van der Waals surface area contributed by atoms with Gasteiger partial charge in [-0.15, -0.1) is 13.2 Å². The van der Waals surface area contributed by atoms with E-state index in [2.05, 4.69) is 32.2 Å². The number of aryl methyl sites for hydroxylation is 1. The molecule has 8 rings (SSSR count). The van der Waals surface area contributed by atoms with Gasteiger partial charge in [0.15, 0.2) is 24.6 Å². The average molecular weight is 919 g/mol. The van der Waals surface area contributed by atoms with E-state index in [-0.39, 0.29) is 34.1 Å². The summed E-state index contributed by atoms with van der Waals surface area (Å²) in [5.74, 6) is -1.45. The normalized spacial score (nSPS) is 25.5. The molecule has 11 heteroatoms. The minimum Gasteiger partial charge on any atom is -0.497 e. The molecule has 352 valence electrons. The van der Waals surface area contributed by atoms with Crippen LogP contribution in [0.2, 0.25) is 0 Å². The molecule has 3 aliphatic rings. The van der Waals surface area contributed by atoms with Gasteiger partial charge in [-0.3, -0.25) is 0 Å². The Balaban J connectivity index is 1.21. The van der Waals surface area contributed by atoms with Gasteiger partial charge in [-0.25, -0.2) is 19.2 Å². The van der Waals surface area contributed by atoms with Crippen LogP contribution in [0.1, 0.15) is 97.5 Å². The first kappa shape index (κ1) is 47.7. The summed E-state index contributed by atoms with van der Waals surface area (Å²) in [6.45, 7) is 10.1. The lowest BCUT2D eigenvalue weighted by atomic mass is 9.52. The molecule has 0 N–H and O–H groups in total. The molecule has 1 aliphatic heterocycles. The van der Waals surface area contributed by atoms with E-state index in [0.29, 0.717) is 18.8 Å². The van der Waals surface area contributed by atoms with Crippen LogP contribution in [-0.4, -0.2) is 74.4 Å². The molecule has 5 aromatic carbocycles. The molecule has 68 heavy (non-hydrogen) atoms. The largest absolute Gasteiger partial charge is 0.497 e. The number of esters is 4. The Bertz CT molecular complexity index is 2530. The zero-order chi connectivity index (χ0) is 47.6. The molecule has 2 aliphatic carbocycles. The Morgan fingerprint density at radius 3 is 1.74 bits per heavy atom. The minimum absolute atomic E-state index is 0.0989. The molecule has 0 spiro atoms. The Kier molecular flexibility index (Phi) is 15.3. The van der Waals surface area contributed by atoms with E-state index >= 15 is 0 Å². The van der Waals surface area contributed by atoms with Crippen molar-refractivity contribution in [2.75, 3.05) is 13.7 Å². The van der Waals surface area contributed by atoms with Crippen LogP contribution in [0.4, 0.5) is 0 Å². The second kappa shape index (κ2) is 21.9. The van der Waals surface area contributed by atoms with Crippen LogP contribution in [0.15, 0.2) is 165 Å². The lowest BCUT2D eigenvalue weighted by molar-refractivity contribution is -0.320. The van der Waals surface area contributed by atoms with Crippen molar-refractivity contribution in [3.8, 4) is 5.75 Å². The molecule has 11 nitrogen and oxygen atoms in total. The Morgan fingerprint density at radius 2 is 1.21 bits per heavy atom. The molecule has 5 aromatic rings. The van der Waals surface area contributed by atoms with Crippen molar-refractivity contribution >= 4 is 23.9 Å². The average Bonchev–Trinajstić information content (AvgIpc) is 3.38. The van der Waals surface area contributed by atoms with Crippen LogP contribution >= 0.6 is 0 Å². The number of hydrogen-bond donors (Lipinski definition) is 0. The van der Waals surface area contributed by atoms with Crippen LogP contribution in [0, 0.1) is 17.3 Å². The monoisotopic (exact) mass is 918 g/mol. The summed E-state index contributed by atoms with van der Waals surface area (Å²) in [6, 6.07) is 39.8. The van der Waals surface area contributed by atoms with E-state index in [1.54, 1.807) is 135 Å². The molecule has 0 bridgehead atoms. The number of rotatable bonds is 17. The van der Waals surface area contributed by atoms with Gasteiger partial charge in [0, 0.05) is 0 Å². The maximum absolute atomic E-state index is 14.3. The fraction of sp³-hybridized carbons (Fsp3) is 0.333. The van der Waals surface area contributed by atoms with Gasteiger partial charge in [0.2, 0.25) is 0 Å². The van der Waals surface area contributed by atoms with Crippen LogP contribution < -0.4 is 4.74 Å². The van der Waals surface area contributed by atoms with Gasteiger partial charge in [-0.1, -0.05) is 97.9 Å². The quantitative estimate of drug-likeness (QED) is 0.0501. The number of carbonyl (C=O) groups is 4. The van der Waals surface area contributed by atoms with Crippen molar-refractivity contribution in [1.82, 2.24) is 0 Å². The molecule has 1 saturated heterocycles. The highest BCUT2D eigenvalue weighted by molar-refractivity contribution is 5.91. The highest BCUT2D eigenvalue weighted by Gasteiger charge is 2.57. The number of ether oxygens (including phenoxy) is 7. The highest BCUT2D eigenvalue weighted by Crippen LogP contribution is 2.58. The minimum atomic E-state index is -1.55. The summed E-state index contributed by atoms with van der Waals surface area (Å²) >= 11 is 0. The molecular weight excluding hydrogens is 861 g/mol. The van der Waals surface area contributed by atoms with Gasteiger partial charge in [-0.2, -0.15) is 0 Å². The standard InChI is InChI=1S/C57H58O11/c1-5-19-46-45-31-29-41-35-42(62-4)30-32-43(41)44(45)33-34-57(46,3)48(20-6-2)65-56-51(68-55(61)40-27-17-10-18-28-40)50(67-54(60)39-25-15-9-16-26-39)49(66-53(59)38-23-13-8-14-24-38)47(64-56)36-63-52(58)37-21-11-7-12-22-37/h5-18,21-28,30,32,35,44-51,56H,1-2,19-20,29,31,33-34,36H2,3-4H3/t44-,45-,46+,47-,48+,49-,50+,51-,56+,57+/m1/s1. The van der Waals surface area contributed by atoms with Gasteiger partial charge in [0.25, 0.3) is 0 Å². The van der Waals surface area contributed by atoms with Crippen molar-refractivity contribution in [1.29, 1.82) is 0 Å². The fourth-order valence-electron chi connectivity index (χ4n) is 10.5. The SMILES string of the molecule is C=CC[C@H](O[C@@H]1O[C@H](COC(=O)c2ccccc2)[C@@H](OC(=O)c2ccccc2)[C@H](OC(=O)c2ccccc2)[C@H]1OC(=O)c1ccccc1)[C@@]1(C)CC[C@@H]2c3ccc(OC)cc3CC[C@H]2[C@@H]1CC=C. The molecule has 10 atom stereocenters. The summed E-state index contributed by atoms with van der Waals surface area (Å²) in [5.41, 5.74) is 3.03. The molecule has 2 fully saturated rings. The van der Waals surface area contributed by atoms with Gasteiger partial charge in [-0.05, 0) is 133 Å². The van der Waals surface area contributed by atoms with Crippen LogP contribution in [0.5, 0.6) is 5.75 Å². The highest BCUT2D eigenvalue weighted by atomic mass is 16.7. The van der Waals surface area contributed by atoms with Gasteiger partial charge < -0.3 is 33.2 Å². The Hall–Kier alpha value is -6.82. The third-order valence-electron chi connectivity index (χ3n) is 13.9. The maximum atomic E-state index is 14.3. The van der Waals surface area contributed by atoms with Gasteiger partial charge in [0.05, 0.1) is 35.5 Å². The lowest BCUT2D eigenvalue weighted by Gasteiger charge is -2.55. The number of carbonyl (C=O) groups excluding carboxylic acids is 4. The van der Waals surface area contributed by atoms with E-state index in [0.717, 1.165) is 31.4 Å². The summed E-state index contributed by atoms with van der Waals surface area (Å²) in [5, 5.41) is 0. The smallest absolute Gasteiger partial charge is 0.338 e. The molecular formula is C57H58O11. The number of fused-ring (bicyclic) bond motifs is 3. The fourth-order valence-corrected chi connectivity index (χ4v) is 10.5. The van der Waals surface area contributed by atoms with Crippen molar-refractivity contribution in [3.63, 3.8) is 0 Å². The van der Waals surface area contributed by atoms with Crippen LogP contribution in [-0.2, 0) is 34.8 Å². The summed E-state index contributed by atoms with van der Waals surface area (Å²) < 4.78 is 44.7. The molecule has 0 aromatic heterocycles. The third-order valence-corrected chi connectivity index (χ3v) is 13.9. The van der Waals surface area contributed by atoms with Crippen molar-refractivity contribution in [2.24, 2.45) is 17.3 Å². The van der Waals surface area contributed by atoms with Crippen LogP contribution in [0.25, 0.3) is 0 Å². The second-order valence-electron chi connectivity index (χ2n) is 17.9. The Morgan fingerprint density at radius 1 is 0.676 bits per heavy atom. The van der Waals surface area contributed by atoms with Gasteiger partial charge in [0.1, 0.15) is 18.5 Å². The number of benzene rings is 5. The van der Waals surface area contributed by atoms with Crippen molar-refractivity contribution < 1.29 is 52.3 Å². The second-order valence-corrected chi connectivity index (χ2v) is 17.9. The van der Waals surface area contributed by atoms with E-state index in [1.165, 1.54) is 11.1 Å². The number of hydrogen-bond acceptors (Lipinski definition) is 11. The van der Waals surface area contributed by atoms with E-state index in [4.69, 9.17) is 33.2 Å². The molecule has 0 amide bonds. The summed E-state index contributed by atoms with van der Waals surface area (Å²) in [6.07, 6.45) is 0.464. The summed E-state index contributed by atoms with van der Waals surface area (Å²) in [4.78, 5) is 56.2. The zero-order valence-corrected chi connectivity index (χ0v) is 38.5.